The maximum Gasteiger partial charge on any atom is 0.228 e. The topological polar surface area (TPSA) is 67.2 Å². The normalized spacial score (nSPS) is 20.0. The highest BCUT2D eigenvalue weighted by Crippen LogP contribution is 2.31. The predicted molar refractivity (Wildman–Crippen MR) is 97.1 cm³/mol. The second-order valence-corrected chi connectivity index (χ2v) is 8.41. The number of likely N-dealkylation sites (tertiary alicyclic amines) is 1. The first-order valence-electron chi connectivity index (χ1n) is 9.50. The van der Waals surface area contributed by atoms with E-state index in [2.05, 4.69) is 10.4 Å². The molecule has 6 heteroatoms. The minimum absolute atomic E-state index is 0.0315. The second kappa shape index (κ2) is 7.18. The van der Waals surface area contributed by atoms with Crippen LogP contribution in [0.4, 0.5) is 5.82 Å². The Labute approximate surface area is 149 Å². The highest BCUT2D eigenvalue weighted by Gasteiger charge is 2.32. The monoisotopic (exact) mass is 346 g/mol. The van der Waals surface area contributed by atoms with Crippen LogP contribution in [0.15, 0.2) is 12.3 Å². The van der Waals surface area contributed by atoms with Crippen molar-refractivity contribution in [1.82, 2.24) is 14.7 Å². The van der Waals surface area contributed by atoms with Crippen LogP contribution in [-0.4, -0.2) is 39.6 Å². The number of piperidine rings is 1. The van der Waals surface area contributed by atoms with Gasteiger partial charge < -0.3 is 10.2 Å². The van der Waals surface area contributed by atoms with Gasteiger partial charge in [-0.2, -0.15) is 5.10 Å². The second-order valence-electron chi connectivity index (χ2n) is 8.41. The number of carbonyl (C=O) groups excluding carboxylic acids is 2. The molecule has 1 aliphatic heterocycles. The average Bonchev–Trinajstić information content (AvgIpc) is 3.24. The summed E-state index contributed by atoms with van der Waals surface area (Å²) in [4.78, 5) is 26.9. The van der Waals surface area contributed by atoms with Gasteiger partial charge in [-0.1, -0.05) is 33.6 Å². The van der Waals surface area contributed by atoms with E-state index in [1.807, 2.05) is 36.4 Å². The van der Waals surface area contributed by atoms with Crippen LogP contribution in [0.5, 0.6) is 0 Å². The van der Waals surface area contributed by atoms with Gasteiger partial charge in [0.15, 0.2) is 0 Å². The predicted octanol–water partition coefficient (Wildman–Crippen LogP) is 3.22. The molecule has 1 aliphatic carbocycles. The summed E-state index contributed by atoms with van der Waals surface area (Å²) in [5, 5.41) is 7.48. The Morgan fingerprint density at radius 2 is 1.76 bits per heavy atom. The minimum Gasteiger partial charge on any atom is -0.342 e. The summed E-state index contributed by atoms with van der Waals surface area (Å²) in [6, 6.07) is 2.30. The molecule has 2 aliphatic rings. The van der Waals surface area contributed by atoms with E-state index < -0.39 is 0 Å². The van der Waals surface area contributed by atoms with Gasteiger partial charge in [0, 0.05) is 30.5 Å². The number of hydrogen-bond acceptors (Lipinski definition) is 3. The molecule has 0 atom stereocenters. The van der Waals surface area contributed by atoms with Crippen molar-refractivity contribution < 1.29 is 9.59 Å². The van der Waals surface area contributed by atoms with Crippen LogP contribution in [0.3, 0.4) is 0 Å². The van der Waals surface area contributed by atoms with Gasteiger partial charge in [0.05, 0.1) is 12.2 Å². The number of rotatable bonds is 3. The first-order chi connectivity index (χ1) is 11.9. The SMILES string of the molecule is CC(C)(C)C(=O)N1CCC(C(=O)Nc2ccnn2C2CCCC2)CC1. The molecule has 1 aromatic heterocycles. The van der Waals surface area contributed by atoms with Crippen LogP contribution in [0.1, 0.15) is 65.3 Å². The Bertz CT molecular complexity index is 618. The van der Waals surface area contributed by atoms with Crippen molar-refractivity contribution in [3.05, 3.63) is 12.3 Å². The summed E-state index contributed by atoms with van der Waals surface area (Å²) in [7, 11) is 0. The molecule has 2 amide bonds. The van der Waals surface area contributed by atoms with Crippen molar-refractivity contribution in [3.8, 4) is 0 Å². The van der Waals surface area contributed by atoms with Gasteiger partial charge in [0.25, 0.3) is 0 Å². The maximum absolute atomic E-state index is 12.7. The Morgan fingerprint density at radius 1 is 1.12 bits per heavy atom. The van der Waals surface area contributed by atoms with Crippen LogP contribution in [0.2, 0.25) is 0 Å². The van der Waals surface area contributed by atoms with Crippen LogP contribution >= 0.6 is 0 Å². The Morgan fingerprint density at radius 3 is 2.36 bits per heavy atom. The van der Waals surface area contributed by atoms with Gasteiger partial charge in [-0.15, -0.1) is 0 Å². The Hall–Kier alpha value is -1.85. The molecule has 1 N–H and O–H groups in total. The molecule has 2 fully saturated rings. The molecule has 0 spiro atoms. The summed E-state index contributed by atoms with van der Waals surface area (Å²) in [5.41, 5.74) is -0.358. The van der Waals surface area contributed by atoms with E-state index in [9.17, 15) is 9.59 Å². The third-order valence-corrected chi connectivity index (χ3v) is 5.39. The Kier molecular flexibility index (Phi) is 5.16. The zero-order valence-electron chi connectivity index (χ0n) is 15.6. The van der Waals surface area contributed by atoms with Gasteiger partial charge in [0.2, 0.25) is 11.8 Å². The van der Waals surface area contributed by atoms with Gasteiger partial charge in [-0.25, -0.2) is 4.68 Å². The molecule has 0 unspecified atom stereocenters. The number of carbonyl (C=O) groups is 2. The fourth-order valence-corrected chi connectivity index (χ4v) is 3.90. The highest BCUT2D eigenvalue weighted by molar-refractivity contribution is 5.92. The minimum atomic E-state index is -0.358. The molecule has 1 saturated heterocycles. The van der Waals surface area contributed by atoms with E-state index in [4.69, 9.17) is 0 Å². The summed E-state index contributed by atoms with van der Waals surface area (Å²) < 4.78 is 1.98. The zero-order chi connectivity index (χ0) is 18.0. The highest BCUT2D eigenvalue weighted by atomic mass is 16.2. The zero-order valence-corrected chi connectivity index (χ0v) is 15.6. The van der Waals surface area contributed by atoms with Gasteiger partial charge >= 0.3 is 0 Å². The van der Waals surface area contributed by atoms with E-state index in [0.717, 1.165) is 31.5 Å². The molecular formula is C19H30N4O2. The van der Waals surface area contributed by atoms with Crippen molar-refractivity contribution in [2.24, 2.45) is 11.3 Å². The molecule has 0 bridgehead atoms. The summed E-state index contributed by atoms with van der Waals surface area (Å²) in [6.45, 7) is 7.15. The largest absolute Gasteiger partial charge is 0.342 e. The molecular weight excluding hydrogens is 316 g/mol. The number of hydrogen-bond donors (Lipinski definition) is 1. The van der Waals surface area contributed by atoms with Crippen molar-refractivity contribution in [2.45, 2.75) is 65.3 Å². The van der Waals surface area contributed by atoms with Gasteiger partial charge in [-0.05, 0) is 25.7 Å². The van der Waals surface area contributed by atoms with Crippen LogP contribution in [0.25, 0.3) is 0 Å². The quantitative estimate of drug-likeness (QED) is 0.914. The van der Waals surface area contributed by atoms with Crippen LogP contribution in [0, 0.1) is 11.3 Å². The van der Waals surface area contributed by atoms with Crippen LogP contribution in [-0.2, 0) is 9.59 Å². The van der Waals surface area contributed by atoms with E-state index in [1.165, 1.54) is 12.8 Å². The van der Waals surface area contributed by atoms with Crippen LogP contribution < -0.4 is 5.32 Å². The lowest BCUT2D eigenvalue weighted by molar-refractivity contribution is -0.142. The third kappa shape index (κ3) is 4.05. The molecule has 0 radical (unpaired) electrons. The van der Waals surface area contributed by atoms with E-state index >= 15 is 0 Å². The van der Waals surface area contributed by atoms with Crippen molar-refractivity contribution in [3.63, 3.8) is 0 Å². The molecule has 25 heavy (non-hydrogen) atoms. The standard InChI is InChI=1S/C19H30N4O2/c1-19(2,3)18(25)22-12-9-14(10-13-22)17(24)21-16-8-11-20-23(16)15-6-4-5-7-15/h8,11,14-15H,4-7,9-10,12-13H2,1-3H3,(H,21,24). The lowest BCUT2D eigenvalue weighted by Crippen LogP contribution is -2.45. The van der Waals surface area contributed by atoms with E-state index in [-0.39, 0.29) is 23.1 Å². The molecule has 6 nitrogen and oxygen atoms in total. The summed E-state index contributed by atoms with van der Waals surface area (Å²) in [6.07, 6.45) is 7.96. The molecule has 3 rings (SSSR count). The van der Waals surface area contributed by atoms with E-state index in [0.29, 0.717) is 19.1 Å². The molecule has 138 valence electrons. The van der Waals surface area contributed by atoms with E-state index in [1.54, 1.807) is 6.20 Å². The van der Waals surface area contributed by atoms with Crippen molar-refractivity contribution >= 4 is 17.6 Å². The molecule has 1 aromatic rings. The molecule has 2 heterocycles. The van der Waals surface area contributed by atoms with Crippen molar-refractivity contribution in [2.75, 3.05) is 18.4 Å². The number of nitrogens with one attached hydrogen (secondary N) is 1. The van der Waals surface area contributed by atoms with Gasteiger partial charge in [0.1, 0.15) is 5.82 Å². The fourth-order valence-electron chi connectivity index (χ4n) is 3.90. The number of nitrogens with zero attached hydrogens (tertiary/aromatic N) is 3. The number of aromatic nitrogens is 2. The Balaban J connectivity index is 1.55. The maximum atomic E-state index is 12.7. The first kappa shape index (κ1) is 18.0. The third-order valence-electron chi connectivity index (χ3n) is 5.39. The van der Waals surface area contributed by atoms with Gasteiger partial charge in [-0.3, -0.25) is 9.59 Å². The fraction of sp³-hybridized carbons (Fsp3) is 0.737. The lowest BCUT2D eigenvalue weighted by Gasteiger charge is -2.35. The summed E-state index contributed by atoms with van der Waals surface area (Å²) in [5.74, 6) is 1.01. The smallest absolute Gasteiger partial charge is 0.228 e. The average molecular weight is 346 g/mol. The lowest BCUT2D eigenvalue weighted by atomic mass is 9.90. The molecule has 0 aromatic carbocycles. The number of anilines is 1. The van der Waals surface area contributed by atoms with Crippen molar-refractivity contribution in [1.29, 1.82) is 0 Å². The summed E-state index contributed by atoms with van der Waals surface area (Å²) >= 11 is 0. The number of amides is 2. The molecule has 1 saturated carbocycles. The first-order valence-corrected chi connectivity index (χ1v) is 9.50.